The summed E-state index contributed by atoms with van der Waals surface area (Å²) >= 11 is 4.12. The molecule has 0 atom stereocenters. The monoisotopic (exact) mass is 346 g/mol. The molecule has 1 aromatic carbocycles. The van der Waals surface area contributed by atoms with E-state index in [2.05, 4.69) is 59.3 Å². The maximum absolute atomic E-state index is 3.67. The Kier molecular flexibility index (Phi) is 7.92. The molecule has 0 N–H and O–H groups in total. The first kappa shape index (κ1) is 14.0. The van der Waals surface area contributed by atoms with Gasteiger partial charge in [0.05, 0.1) is 0 Å². The Labute approximate surface area is 114 Å². The van der Waals surface area contributed by atoms with E-state index in [1.165, 1.54) is 39.9 Å². The van der Waals surface area contributed by atoms with Crippen LogP contribution < -0.4 is 4.46 Å². The summed E-state index contributed by atoms with van der Waals surface area (Å²) in [7, 11) is 0. The molecule has 0 saturated heterocycles. The third-order valence-electron chi connectivity index (χ3n) is 2.32. The van der Waals surface area contributed by atoms with Crippen molar-refractivity contribution in [2.45, 2.75) is 39.0 Å². The Morgan fingerprint density at radius 2 is 1.94 bits per heavy atom. The summed E-state index contributed by atoms with van der Waals surface area (Å²) in [6, 6.07) is 10.7. The summed E-state index contributed by atoms with van der Waals surface area (Å²) in [6.45, 7) is 2.25. The molecular weight excluding hydrogens is 327 g/mol. The predicted octanol–water partition coefficient (Wildman–Crippen LogP) is 4.22. The summed E-state index contributed by atoms with van der Waals surface area (Å²) in [6.07, 6.45) is 8.95. The van der Waals surface area contributed by atoms with Gasteiger partial charge in [-0.05, 0) is 0 Å². The number of rotatable bonds is 7. The van der Waals surface area contributed by atoms with Gasteiger partial charge >= 0.3 is 114 Å². The van der Waals surface area contributed by atoms with Crippen molar-refractivity contribution in [2.75, 3.05) is 0 Å². The van der Waals surface area contributed by atoms with Gasteiger partial charge in [-0.15, -0.1) is 0 Å². The quantitative estimate of drug-likeness (QED) is 0.512. The molecule has 0 bridgehead atoms. The van der Waals surface area contributed by atoms with Gasteiger partial charge in [-0.2, -0.15) is 0 Å². The van der Waals surface area contributed by atoms with E-state index in [1.54, 1.807) is 0 Å². The first-order chi connectivity index (χ1) is 7.83. The van der Waals surface area contributed by atoms with Crippen molar-refractivity contribution in [3.63, 3.8) is 0 Å². The van der Waals surface area contributed by atoms with Gasteiger partial charge in [-0.25, -0.2) is 0 Å². The molecule has 0 aliphatic rings. The standard InChI is InChI=1S/C14H19BrSe/c1-2-3-4-5-9-12-14(15)16-13-10-7-6-8-11-13/h6-8,10-12H,2-5,9H2,1H3/b14-12-. The van der Waals surface area contributed by atoms with Crippen molar-refractivity contribution >= 4 is 35.3 Å². The summed E-state index contributed by atoms with van der Waals surface area (Å²) in [5.41, 5.74) is 0. The Morgan fingerprint density at radius 3 is 2.62 bits per heavy atom. The van der Waals surface area contributed by atoms with Crippen LogP contribution in [0.1, 0.15) is 39.0 Å². The topological polar surface area (TPSA) is 0 Å². The van der Waals surface area contributed by atoms with Crippen LogP contribution in [0.25, 0.3) is 0 Å². The van der Waals surface area contributed by atoms with Crippen molar-refractivity contribution < 1.29 is 0 Å². The second-order valence-electron chi connectivity index (χ2n) is 3.77. The molecule has 0 aliphatic carbocycles. The molecule has 0 radical (unpaired) electrons. The summed E-state index contributed by atoms with van der Waals surface area (Å²) < 4.78 is 2.81. The summed E-state index contributed by atoms with van der Waals surface area (Å²) in [5, 5.41) is 0. The van der Waals surface area contributed by atoms with Crippen LogP contribution in [0.15, 0.2) is 39.8 Å². The molecule has 2 heteroatoms. The molecule has 0 aliphatic heterocycles. The van der Waals surface area contributed by atoms with Crippen molar-refractivity contribution in [3.8, 4) is 0 Å². The number of hydrogen-bond donors (Lipinski definition) is 0. The van der Waals surface area contributed by atoms with E-state index in [4.69, 9.17) is 0 Å². The van der Waals surface area contributed by atoms with E-state index in [1.807, 2.05) is 0 Å². The number of allylic oxidation sites excluding steroid dienone is 1. The molecule has 16 heavy (non-hydrogen) atoms. The molecule has 0 amide bonds. The first-order valence-electron chi connectivity index (χ1n) is 5.91. The van der Waals surface area contributed by atoms with Gasteiger partial charge in [0.25, 0.3) is 0 Å². The molecule has 88 valence electrons. The van der Waals surface area contributed by atoms with Crippen LogP contribution in [0.2, 0.25) is 0 Å². The van der Waals surface area contributed by atoms with Crippen LogP contribution in [-0.2, 0) is 0 Å². The normalized spacial score (nSPS) is 11.8. The fourth-order valence-corrected chi connectivity index (χ4v) is 4.14. The minimum absolute atomic E-state index is 0.450. The third kappa shape index (κ3) is 6.52. The number of unbranched alkanes of at least 4 members (excludes halogenated alkanes) is 4. The molecule has 0 aromatic heterocycles. The Balaban J connectivity index is 2.24. The maximum atomic E-state index is 3.67. The van der Waals surface area contributed by atoms with Crippen molar-refractivity contribution in [2.24, 2.45) is 0 Å². The SMILES string of the molecule is CCCCCC/C=C(/Br)[Se]c1ccccc1. The second kappa shape index (κ2) is 9.04. The summed E-state index contributed by atoms with van der Waals surface area (Å²) in [5.74, 6) is 0. The van der Waals surface area contributed by atoms with Crippen LogP contribution in [0, 0.1) is 0 Å². The van der Waals surface area contributed by atoms with Crippen LogP contribution in [-0.4, -0.2) is 15.0 Å². The van der Waals surface area contributed by atoms with Gasteiger partial charge < -0.3 is 0 Å². The molecular formula is C14H19BrSe. The fraction of sp³-hybridized carbons (Fsp3) is 0.429. The molecule has 1 rings (SSSR count). The van der Waals surface area contributed by atoms with E-state index in [0.29, 0.717) is 15.0 Å². The van der Waals surface area contributed by atoms with Gasteiger partial charge in [-0.1, -0.05) is 0 Å². The molecule has 0 nitrogen and oxygen atoms in total. The molecule has 0 saturated carbocycles. The Morgan fingerprint density at radius 1 is 1.19 bits per heavy atom. The van der Waals surface area contributed by atoms with Crippen LogP contribution in [0.4, 0.5) is 0 Å². The average Bonchev–Trinajstić information content (AvgIpc) is 2.30. The first-order valence-corrected chi connectivity index (χ1v) is 8.42. The number of hydrogen-bond acceptors (Lipinski definition) is 0. The van der Waals surface area contributed by atoms with Crippen LogP contribution in [0.5, 0.6) is 0 Å². The van der Waals surface area contributed by atoms with Gasteiger partial charge in [0.15, 0.2) is 0 Å². The zero-order valence-corrected chi connectivity index (χ0v) is 13.1. The summed E-state index contributed by atoms with van der Waals surface area (Å²) in [4.78, 5) is 0. The fourth-order valence-electron chi connectivity index (χ4n) is 1.43. The van der Waals surface area contributed by atoms with E-state index >= 15 is 0 Å². The van der Waals surface area contributed by atoms with Gasteiger partial charge in [0, 0.05) is 0 Å². The van der Waals surface area contributed by atoms with Gasteiger partial charge in [0.2, 0.25) is 0 Å². The van der Waals surface area contributed by atoms with Crippen molar-refractivity contribution in [1.82, 2.24) is 0 Å². The number of benzene rings is 1. The van der Waals surface area contributed by atoms with Gasteiger partial charge in [0.1, 0.15) is 0 Å². The molecule has 0 unspecified atom stereocenters. The van der Waals surface area contributed by atoms with Crippen molar-refractivity contribution in [3.05, 3.63) is 39.8 Å². The molecule has 0 spiro atoms. The minimum atomic E-state index is 0.450. The molecule has 1 aromatic rings. The van der Waals surface area contributed by atoms with Crippen LogP contribution >= 0.6 is 15.9 Å². The van der Waals surface area contributed by atoms with Crippen LogP contribution in [0.3, 0.4) is 0 Å². The van der Waals surface area contributed by atoms with Crippen molar-refractivity contribution in [1.29, 1.82) is 0 Å². The predicted molar refractivity (Wildman–Crippen MR) is 77.6 cm³/mol. The van der Waals surface area contributed by atoms with E-state index < -0.39 is 0 Å². The average molecular weight is 346 g/mol. The zero-order valence-electron chi connectivity index (χ0n) is 9.79. The Bertz CT molecular complexity index is 306. The van der Waals surface area contributed by atoms with E-state index in [9.17, 15) is 0 Å². The molecule has 0 heterocycles. The Hall–Kier alpha value is -0.0405. The second-order valence-corrected chi connectivity index (χ2v) is 8.15. The van der Waals surface area contributed by atoms with Gasteiger partial charge in [-0.3, -0.25) is 0 Å². The third-order valence-corrected chi connectivity index (χ3v) is 5.31. The number of halogens is 1. The van der Waals surface area contributed by atoms with E-state index in [-0.39, 0.29) is 0 Å². The zero-order chi connectivity index (χ0) is 11.6. The molecule has 0 fully saturated rings. The van der Waals surface area contributed by atoms with E-state index in [0.717, 1.165) is 0 Å².